The van der Waals surface area contributed by atoms with Gasteiger partial charge in [-0.05, 0) is 41.0 Å². The predicted octanol–water partition coefficient (Wildman–Crippen LogP) is 4.87. The van der Waals surface area contributed by atoms with Crippen molar-refractivity contribution in [2.24, 2.45) is 5.92 Å². The molecule has 1 N–H and O–H groups in total. The van der Waals surface area contributed by atoms with Gasteiger partial charge in [-0.1, -0.05) is 84.9 Å². The maximum absolute atomic E-state index is 12.7. The molecule has 0 bridgehead atoms. The topological polar surface area (TPSA) is 40.5 Å². The molecule has 3 nitrogen and oxygen atoms in total. The third-order valence-corrected chi connectivity index (χ3v) is 5.90. The molecule has 3 heteroatoms. The minimum atomic E-state index is -0.445. The first kappa shape index (κ1) is 19.4. The van der Waals surface area contributed by atoms with Gasteiger partial charge in [0.05, 0.1) is 12.5 Å². The highest BCUT2D eigenvalue weighted by Crippen LogP contribution is 2.30. The van der Waals surface area contributed by atoms with E-state index in [-0.39, 0.29) is 11.8 Å². The fraction of sp³-hybridized carbons (Fsp3) is 0.269. The number of nitrogens with zero attached hydrogens (tertiary/aromatic N) is 1. The summed E-state index contributed by atoms with van der Waals surface area (Å²) in [6, 6.07) is 28.4. The number of benzene rings is 3. The normalized spacial score (nSPS) is 15.8. The average Bonchev–Trinajstić information content (AvgIpc) is 2.80. The fourth-order valence-corrected chi connectivity index (χ4v) is 4.12. The summed E-state index contributed by atoms with van der Waals surface area (Å²) in [5.41, 5.74) is 4.36. The van der Waals surface area contributed by atoms with Crippen LogP contribution in [0.25, 0.3) is 11.1 Å². The molecule has 0 saturated carbocycles. The number of carbonyl (C=O) groups excluding carboxylic acids is 1. The third kappa shape index (κ3) is 4.75. The van der Waals surface area contributed by atoms with Crippen LogP contribution in [0, 0.1) is 5.92 Å². The zero-order valence-electron chi connectivity index (χ0n) is 16.6. The van der Waals surface area contributed by atoms with E-state index in [0.29, 0.717) is 6.42 Å². The Bertz CT molecular complexity index is 914. The molecule has 1 amide bonds. The van der Waals surface area contributed by atoms with Gasteiger partial charge < -0.3 is 10.0 Å². The lowest BCUT2D eigenvalue weighted by atomic mass is 9.87. The molecule has 0 radical (unpaired) electrons. The maximum Gasteiger partial charge on any atom is 0.226 e. The van der Waals surface area contributed by atoms with Crippen LogP contribution in [0.3, 0.4) is 0 Å². The van der Waals surface area contributed by atoms with Gasteiger partial charge in [0.15, 0.2) is 0 Å². The first-order valence-corrected chi connectivity index (χ1v) is 10.4. The molecule has 29 heavy (non-hydrogen) atoms. The molecule has 3 aromatic carbocycles. The maximum atomic E-state index is 12.7. The van der Waals surface area contributed by atoms with Gasteiger partial charge in [-0.15, -0.1) is 0 Å². The molecule has 0 aromatic heterocycles. The molecule has 1 aliphatic heterocycles. The Morgan fingerprint density at radius 3 is 2.00 bits per heavy atom. The SMILES string of the molecule is O=C(Cc1ccc(-c2ccccc2)cc1)N1CCC(C(O)c2ccccc2)CC1. The molecule has 1 atom stereocenters. The molecule has 3 aromatic rings. The summed E-state index contributed by atoms with van der Waals surface area (Å²) < 4.78 is 0. The summed E-state index contributed by atoms with van der Waals surface area (Å²) in [6.07, 6.45) is 1.67. The van der Waals surface area contributed by atoms with Crippen molar-refractivity contribution in [1.82, 2.24) is 4.90 Å². The monoisotopic (exact) mass is 385 g/mol. The van der Waals surface area contributed by atoms with Crippen LogP contribution in [-0.2, 0) is 11.2 Å². The molecule has 1 saturated heterocycles. The molecule has 1 unspecified atom stereocenters. The highest BCUT2D eigenvalue weighted by Gasteiger charge is 2.28. The Kier molecular flexibility index (Phi) is 6.06. The zero-order chi connectivity index (χ0) is 20.1. The molecular formula is C26H27NO2. The van der Waals surface area contributed by atoms with Crippen LogP contribution in [0.15, 0.2) is 84.9 Å². The second-order valence-electron chi connectivity index (χ2n) is 7.81. The van der Waals surface area contributed by atoms with Gasteiger partial charge in [0, 0.05) is 13.1 Å². The molecule has 148 valence electrons. The molecule has 1 aliphatic rings. The number of amides is 1. The van der Waals surface area contributed by atoms with Gasteiger partial charge in [0.1, 0.15) is 0 Å². The number of carbonyl (C=O) groups is 1. The van der Waals surface area contributed by atoms with Crippen molar-refractivity contribution in [3.8, 4) is 11.1 Å². The van der Waals surface area contributed by atoms with Gasteiger partial charge in [-0.2, -0.15) is 0 Å². The van der Waals surface area contributed by atoms with Gasteiger partial charge in [0.2, 0.25) is 5.91 Å². The van der Waals surface area contributed by atoms with Crippen molar-refractivity contribution in [2.75, 3.05) is 13.1 Å². The van der Waals surface area contributed by atoms with Crippen molar-refractivity contribution in [3.05, 3.63) is 96.1 Å². The molecular weight excluding hydrogens is 358 g/mol. The van der Waals surface area contributed by atoms with Gasteiger partial charge in [-0.25, -0.2) is 0 Å². The van der Waals surface area contributed by atoms with Crippen molar-refractivity contribution < 1.29 is 9.90 Å². The molecule has 0 spiro atoms. The quantitative estimate of drug-likeness (QED) is 0.681. The number of likely N-dealkylation sites (tertiary alicyclic amines) is 1. The third-order valence-electron chi connectivity index (χ3n) is 5.90. The summed E-state index contributed by atoms with van der Waals surface area (Å²) in [5.74, 6) is 0.386. The number of hydrogen-bond donors (Lipinski definition) is 1. The molecule has 1 heterocycles. The lowest BCUT2D eigenvalue weighted by molar-refractivity contribution is -0.132. The zero-order valence-corrected chi connectivity index (χ0v) is 16.6. The van der Waals surface area contributed by atoms with Crippen LogP contribution in [-0.4, -0.2) is 29.0 Å². The Morgan fingerprint density at radius 1 is 0.828 bits per heavy atom. The van der Waals surface area contributed by atoms with E-state index in [4.69, 9.17) is 0 Å². The molecule has 1 fully saturated rings. The molecule has 0 aliphatic carbocycles. The minimum Gasteiger partial charge on any atom is -0.388 e. The van der Waals surface area contributed by atoms with Crippen molar-refractivity contribution in [3.63, 3.8) is 0 Å². The van der Waals surface area contributed by atoms with Crippen molar-refractivity contribution >= 4 is 5.91 Å². The second-order valence-corrected chi connectivity index (χ2v) is 7.81. The Hall–Kier alpha value is -2.91. The van der Waals surface area contributed by atoms with Crippen LogP contribution >= 0.6 is 0 Å². The number of rotatable bonds is 5. The van der Waals surface area contributed by atoms with E-state index >= 15 is 0 Å². The Balaban J connectivity index is 1.31. The number of hydrogen-bond acceptors (Lipinski definition) is 2. The number of aliphatic hydroxyl groups excluding tert-OH is 1. The Morgan fingerprint density at radius 2 is 1.38 bits per heavy atom. The summed E-state index contributed by atoms with van der Waals surface area (Å²) in [5, 5.41) is 10.6. The van der Waals surface area contributed by atoms with Crippen molar-refractivity contribution in [2.45, 2.75) is 25.4 Å². The van der Waals surface area contributed by atoms with E-state index in [2.05, 4.69) is 24.3 Å². The van der Waals surface area contributed by atoms with E-state index in [0.717, 1.165) is 42.6 Å². The summed E-state index contributed by atoms with van der Waals surface area (Å²) >= 11 is 0. The summed E-state index contributed by atoms with van der Waals surface area (Å²) in [6.45, 7) is 1.44. The van der Waals surface area contributed by atoms with Crippen LogP contribution in [0.1, 0.15) is 30.1 Å². The van der Waals surface area contributed by atoms with E-state index in [1.165, 1.54) is 5.56 Å². The van der Waals surface area contributed by atoms with E-state index in [1.807, 2.05) is 65.6 Å². The van der Waals surface area contributed by atoms with Gasteiger partial charge >= 0.3 is 0 Å². The highest BCUT2D eigenvalue weighted by molar-refractivity contribution is 5.79. The first-order valence-electron chi connectivity index (χ1n) is 10.4. The fourth-order valence-electron chi connectivity index (χ4n) is 4.12. The number of aliphatic hydroxyl groups is 1. The lowest BCUT2D eigenvalue weighted by Gasteiger charge is -2.34. The standard InChI is InChI=1S/C26H27NO2/c28-25(19-20-11-13-22(14-12-20)21-7-3-1-4-8-21)27-17-15-24(16-18-27)26(29)23-9-5-2-6-10-23/h1-14,24,26,29H,15-19H2. The van der Waals surface area contributed by atoms with Gasteiger partial charge in [0.25, 0.3) is 0 Å². The summed E-state index contributed by atoms with van der Waals surface area (Å²) in [4.78, 5) is 14.7. The average molecular weight is 386 g/mol. The van der Waals surface area contributed by atoms with Crippen LogP contribution in [0.4, 0.5) is 0 Å². The van der Waals surface area contributed by atoms with Crippen LogP contribution < -0.4 is 0 Å². The Labute approximate surface area is 172 Å². The van der Waals surface area contributed by atoms with Crippen molar-refractivity contribution in [1.29, 1.82) is 0 Å². The number of piperidine rings is 1. The smallest absolute Gasteiger partial charge is 0.226 e. The van der Waals surface area contributed by atoms with Crippen LogP contribution in [0.5, 0.6) is 0 Å². The van der Waals surface area contributed by atoms with E-state index in [1.54, 1.807) is 0 Å². The van der Waals surface area contributed by atoms with E-state index in [9.17, 15) is 9.90 Å². The first-order chi connectivity index (χ1) is 14.2. The minimum absolute atomic E-state index is 0.171. The molecule has 4 rings (SSSR count). The van der Waals surface area contributed by atoms with Gasteiger partial charge in [-0.3, -0.25) is 4.79 Å². The second kappa shape index (κ2) is 9.06. The highest BCUT2D eigenvalue weighted by atomic mass is 16.3. The lowest BCUT2D eigenvalue weighted by Crippen LogP contribution is -2.40. The van der Waals surface area contributed by atoms with Crippen LogP contribution in [0.2, 0.25) is 0 Å². The largest absolute Gasteiger partial charge is 0.388 e. The summed E-state index contributed by atoms with van der Waals surface area (Å²) in [7, 11) is 0. The predicted molar refractivity (Wildman–Crippen MR) is 116 cm³/mol. The van der Waals surface area contributed by atoms with E-state index < -0.39 is 6.10 Å².